The molecule has 0 saturated carbocycles. The van der Waals surface area contributed by atoms with Gasteiger partial charge >= 0.3 is 12.2 Å². The van der Waals surface area contributed by atoms with Crippen LogP contribution in [0.3, 0.4) is 0 Å². The van der Waals surface area contributed by atoms with Gasteiger partial charge in [0.15, 0.2) is 0 Å². The Morgan fingerprint density at radius 1 is 1.10 bits per heavy atom. The molecule has 1 aromatic heterocycles. The third-order valence-corrected chi connectivity index (χ3v) is 4.58. The second kappa shape index (κ2) is 8.53. The molecule has 0 fully saturated rings. The molecule has 0 aliphatic rings. The summed E-state index contributed by atoms with van der Waals surface area (Å²) in [5, 5.41) is 4.57. The van der Waals surface area contributed by atoms with Crippen molar-refractivity contribution >= 4 is 23.3 Å². The van der Waals surface area contributed by atoms with Gasteiger partial charge in [-0.3, -0.25) is 4.98 Å². The average Bonchev–Trinajstić information content (AvgIpc) is 2.68. The van der Waals surface area contributed by atoms with Crippen molar-refractivity contribution in [2.24, 2.45) is 0 Å². The third kappa shape index (κ3) is 5.26. The lowest BCUT2D eigenvalue weighted by molar-refractivity contribution is -0.137. The number of benzene rings is 2. The minimum absolute atomic E-state index is 0.00151. The predicted molar refractivity (Wildman–Crippen MR) is 107 cm³/mol. The molecule has 3 rings (SSSR count). The van der Waals surface area contributed by atoms with Crippen molar-refractivity contribution in [2.75, 3.05) is 5.32 Å². The molecule has 1 heterocycles. The number of amides is 2. The summed E-state index contributed by atoms with van der Waals surface area (Å²) in [5.41, 5.74) is 2.79. The van der Waals surface area contributed by atoms with Crippen LogP contribution in [0.15, 0.2) is 60.8 Å². The molecular formula is C21H17ClF3N3O. The van der Waals surface area contributed by atoms with Crippen LogP contribution in [0.4, 0.5) is 23.7 Å². The number of pyridine rings is 1. The van der Waals surface area contributed by atoms with Gasteiger partial charge in [-0.25, -0.2) is 4.79 Å². The van der Waals surface area contributed by atoms with Crippen LogP contribution in [0.5, 0.6) is 0 Å². The number of alkyl halides is 3. The first kappa shape index (κ1) is 20.7. The van der Waals surface area contributed by atoms with Crippen LogP contribution in [-0.2, 0) is 12.7 Å². The Hall–Kier alpha value is -3.06. The second-order valence-electron chi connectivity index (χ2n) is 6.33. The molecule has 0 saturated heterocycles. The number of aromatic nitrogens is 1. The summed E-state index contributed by atoms with van der Waals surface area (Å²) in [6.07, 6.45) is -2.87. The number of halogens is 4. The first-order chi connectivity index (χ1) is 13.7. The number of carbonyl (C=O) groups excluding carboxylic acids is 1. The number of hydrogen-bond acceptors (Lipinski definition) is 2. The molecule has 8 heteroatoms. The summed E-state index contributed by atoms with van der Waals surface area (Å²) >= 11 is 5.57. The summed E-state index contributed by atoms with van der Waals surface area (Å²) in [6.45, 7) is 2.15. The van der Waals surface area contributed by atoms with Gasteiger partial charge in [0.25, 0.3) is 0 Å². The van der Waals surface area contributed by atoms with Crippen molar-refractivity contribution in [1.82, 2.24) is 10.3 Å². The van der Waals surface area contributed by atoms with E-state index >= 15 is 0 Å². The molecule has 0 bridgehead atoms. The predicted octanol–water partition coefficient (Wildman–Crippen LogP) is 6.05. The number of nitrogens with one attached hydrogen (secondary N) is 2. The van der Waals surface area contributed by atoms with Crippen LogP contribution in [0.1, 0.15) is 16.8 Å². The van der Waals surface area contributed by atoms with E-state index < -0.39 is 22.8 Å². The van der Waals surface area contributed by atoms with Crippen molar-refractivity contribution in [2.45, 2.75) is 19.6 Å². The zero-order chi connectivity index (χ0) is 21.0. The lowest BCUT2D eigenvalue weighted by atomic mass is 10.0. The summed E-state index contributed by atoms with van der Waals surface area (Å²) in [7, 11) is 0. The van der Waals surface area contributed by atoms with E-state index in [0.29, 0.717) is 0 Å². The molecule has 3 aromatic rings. The molecule has 0 atom stereocenters. The maximum absolute atomic E-state index is 12.9. The fourth-order valence-electron chi connectivity index (χ4n) is 2.77. The molecule has 0 aliphatic heterocycles. The monoisotopic (exact) mass is 419 g/mol. The molecule has 0 aliphatic carbocycles. The number of rotatable bonds is 4. The van der Waals surface area contributed by atoms with Crippen molar-refractivity contribution < 1.29 is 18.0 Å². The lowest BCUT2D eigenvalue weighted by Gasteiger charge is -2.12. The van der Waals surface area contributed by atoms with Crippen LogP contribution in [0.2, 0.25) is 5.02 Å². The molecule has 0 unspecified atom stereocenters. The lowest BCUT2D eigenvalue weighted by Crippen LogP contribution is -2.28. The van der Waals surface area contributed by atoms with E-state index in [1.807, 2.05) is 43.3 Å². The van der Waals surface area contributed by atoms with E-state index in [2.05, 4.69) is 15.6 Å². The quantitative estimate of drug-likeness (QED) is 0.540. The van der Waals surface area contributed by atoms with Gasteiger partial charge in [0.2, 0.25) is 0 Å². The molecular weight excluding hydrogens is 403 g/mol. The van der Waals surface area contributed by atoms with Crippen molar-refractivity contribution in [3.05, 3.63) is 82.6 Å². The number of nitrogens with zero attached hydrogens (tertiary/aromatic N) is 1. The first-order valence-corrected chi connectivity index (χ1v) is 9.04. The molecule has 2 N–H and O–H groups in total. The number of aryl methyl sites for hydroxylation is 1. The maximum Gasteiger partial charge on any atom is 0.417 e. The van der Waals surface area contributed by atoms with Crippen LogP contribution >= 0.6 is 11.6 Å². The van der Waals surface area contributed by atoms with Gasteiger partial charge < -0.3 is 10.6 Å². The molecule has 150 valence electrons. The minimum atomic E-state index is -4.60. The Morgan fingerprint density at radius 2 is 1.83 bits per heavy atom. The van der Waals surface area contributed by atoms with Gasteiger partial charge in [-0.15, -0.1) is 0 Å². The Balaban J connectivity index is 1.61. The maximum atomic E-state index is 12.9. The highest BCUT2D eigenvalue weighted by molar-refractivity contribution is 6.31. The van der Waals surface area contributed by atoms with E-state index in [1.54, 1.807) is 6.20 Å². The van der Waals surface area contributed by atoms with Crippen molar-refractivity contribution in [3.63, 3.8) is 0 Å². The van der Waals surface area contributed by atoms with Crippen LogP contribution in [0, 0.1) is 6.92 Å². The Kier molecular flexibility index (Phi) is 6.08. The number of urea groups is 1. The standard InChI is InChI=1S/C21H17ClF3N3O/c1-13-17(3-2-10-26-13)15-6-4-14(5-7-15)12-27-20(29)28-16-8-9-19(22)18(11-16)21(23,24)25/h2-11H,12H2,1H3,(H2,27,28,29). The van der Waals surface area contributed by atoms with Crippen LogP contribution in [-0.4, -0.2) is 11.0 Å². The first-order valence-electron chi connectivity index (χ1n) is 8.66. The zero-order valence-corrected chi connectivity index (χ0v) is 16.1. The third-order valence-electron chi connectivity index (χ3n) is 4.25. The molecule has 2 amide bonds. The van der Waals surface area contributed by atoms with Crippen LogP contribution in [0.25, 0.3) is 11.1 Å². The van der Waals surface area contributed by atoms with Crippen molar-refractivity contribution in [3.8, 4) is 11.1 Å². The van der Waals surface area contributed by atoms with Crippen molar-refractivity contribution in [1.29, 1.82) is 0 Å². The van der Waals surface area contributed by atoms with Gasteiger partial charge in [-0.05, 0) is 42.3 Å². The Labute approximate surface area is 170 Å². The van der Waals surface area contributed by atoms with E-state index in [-0.39, 0.29) is 12.2 Å². The second-order valence-corrected chi connectivity index (χ2v) is 6.74. The van der Waals surface area contributed by atoms with Crippen LogP contribution < -0.4 is 10.6 Å². The van der Waals surface area contributed by atoms with Gasteiger partial charge in [-0.1, -0.05) is 41.9 Å². The number of anilines is 1. The Morgan fingerprint density at radius 3 is 2.48 bits per heavy atom. The summed E-state index contributed by atoms with van der Waals surface area (Å²) in [6, 6.07) is 14.0. The van der Waals surface area contributed by atoms with Gasteiger partial charge in [0.05, 0.1) is 10.6 Å². The highest BCUT2D eigenvalue weighted by Crippen LogP contribution is 2.36. The van der Waals surface area contributed by atoms with E-state index in [4.69, 9.17) is 11.6 Å². The average molecular weight is 420 g/mol. The summed E-state index contributed by atoms with van der Waals surface area (Å²) < 4.78 is 38.7. The van der Waals surface area contributed by atoms with E-state index in [1.165, 1.54) is 6.07 Å². The van der Waals surface area contributed by atoms with Gasteiger partial charge in [0, 0.05) is 29.7 Å². The van der Waals surface area contributed by atoms with E-state index in [9.17, 15) is 18.0 Å². The fourth-order valence-corrected chi connectivity index (χ4v) is 2.99. The summed E-state index contributed by atoms with van der Waals surface area (Å²) in [4.78, 5) is 16.3. The topological polar surface area (TPSA) is 54.0 Å². The smallest absolute Gasteiger partial charge is 0.334 e. The molecule has 0 spiro atoms. The normalized spacial score (nSPS) is 11.2. The highest BCUT2D eigenvalue weighted by atomic mass is 35.5. The number of carbonyl (C=O) groups is 1. The molecule has 29 heavy (non-hydrogen) atoms. The Bertz CT molecular complexity index is 1020. The molecule has 2 aromatic carbocycles. The zero-order valence-electron chi connectivity index (χ0n) is 15.3. The van der Waals surface area contributed by atoms with Gasteiger partial charge in [-0.2, -0.15) is 13.2 Å². The van der Waals surface area contributed by atoms with Gasteiger partial charge in [0.1, 0.15) is 0 Å². The highest BCUT2D eigenvalue weighted by Gasteiger charge is 2.33. The fraction of sp³-hybridized carbons (Fsp3) is 0.143. The molecule has 0 radical (unpaired) electrons. The SMILES string of the molecule is Cc1ncccc1-c1ccc(CNC(=O)Nc2ccc(Cl)c(C(F)(F)F)c2)cc1. The van der Waals surface area contributed by atoms with E-state index in [0.717, 1.165) is 34.5 Å². The minimum Gasteiger partial charge on any atom is -0.334 e. The molecule has 4 nitrogen and oxygen atoms in total. The number of hydrogen-bond donors (Lipinski definition) is 2. The largest absolute Gasteiger partial charge is 0.417 e. The summed E-state index contributed by atoms with van der Waals surface area (Å²) in [5.74, 6) is 0.